The summed E-state index contributed by atoms with van der Waals surface area (Å²) in [5, 5.41) is 2.82. The van der Waals surface area contributed by atoms with Gasteiger partial charge in [-0.2, -0.15) is 0 Å². The van der Waals surface area contributed by atoms with Crippen LogP contribution in [0.5, 0.6) is 0 Å². The van der Waals surface area contributed by atoms with Crippen molar-refractivity contribution in [3.8, 4) is 0 Å². The van der Waals surface area contributed by atoms with Crippen molar-refractivity contribution >= 4 is 28.8 Å². The normalized spacial score (nSPS) is 10.8. The second-order valence-corrected chi connectivity index (χ2v) is 5.35. The first-order chi connectivity index (χ1) is 7.59. The van der Waals surface area contributed by atoms with Crippen molar-refractivity contribution in [1.29, 1.82) is 0 Å². The van der Waals surface area contributed by atoms with Gasteiger partial charge in [-0.25, -0.2) is 0 Å². The summed E-state index contributed by atoms with van der Waals surface area (Å²) in [6, 6.07) is 3.45. The maximum absolute atomic E-state index is 11.6. The summed E-state index contributed by atoms with van der Waals surface area (Å²) in [6.45, 7) is 5.28. The highest BCUT2D eigenvalue weighted by molar-refractivity contribution is 7.17. The van der Waals surface area contributed by atoms with E-state index < -0.39 is 0 Å². The van der Waals surface area contributed by atoms with Crippen molar-refractivity contribution in [1.82, 2.24) is 5.32 Å². The van der Waals surface area contributed by atoms with E-state index in [0.29, 0.717) is 22.4 Å². The third-order valence-corrected chi connectivity index (χ3v) is 3.08. The molecule has 5 heteroatoms. The predicted octanol–water partition coefficient (Wildman–Crippen LogP) is 2.95. The molecule has 0 aliphatic rings. The zero-order valence-corrected chi connectivity index (χ0v) is 11.0. The van der Waals surface area contributed by atoms with E-state index in [1.807, 2.05) is 13.8 Å². The molecule has 1 heterocycles. The first kappa shape index (κ1) is 13.5. The molecule has 0 saturated heterocycles. The lowest BCUT2D eigenvalue weighted by molar-refractivity contribution is 0.0757. The fraction of sp³-hybridized carbons (Fsp3) is 0.545. The molecule has 0 spiro atoms. The Bertz CT molecular complexity index is 338. The first-order valence-electron chi connectivity index (χ1n) is 5.24. The lowest BCUT2D eigenvalue weighted by atomic mass is 10.4. The van der Waals surface area contributed by atoms with Gasteiger partial charge in [0.15, 0.2) is 0 Å². The Labute approximate surface area is 105 Å². The molecule has 1 rings (SSSR count). The van der Waals surface area contributed by atoms with E-state index in [9.17, 15) is 4.79 Å². The molecule has 1 aromatic heterocycles. The van der Waals surface area contributed by atoms with Gasteiger partial charge < -0.3 is 10.1 Å². The van der Waals surface area contributed by atoms with Crippen LogP contribution in [-0.4, -0.2) is 25.2 Å². The average molecular weight is 262 g/mol. The van der Waals surface area contributed by atoms with Crippen LogP contribution >= 0.6 is 22.9 Å². The highest BCUT2D eigenvalue weighted by atomic mass is 35.5. The van der Waals surface area contributed by atoms with Gasteiger partial charge in [0.2, 0.25) is 0 Å². The summed E-state index contributed by atoms with van der Waals surface area (Å²) in [5.41, 5.74) is 0. The molecule has 3 nitrogen and oxygen atoms in total. The maximum Gasteiger partial charge on any atom is 0.261 e. The molecule has 0 radical (unpaired) electrons. The molecule has 0 aliphatic carbocycles. The number of carbonyl (C=O) groups excluding carboxylic acids is 1. The maximum atomic E-state index is 11.6. The zero-order valence-electron chi connectivity index (χ0n) is 9.46. The van der Waals surface area contributed by atoms with Crippen LogP contribution in [0.4, 0.5) is 0 Å². The minimum atomic E-state index is -0.0681. The van der Waals surface area contributed by atoms with Gasteiger partial charge in [-0.1, -0.05) is 11.6 Å². The summed E-state index contributed by atoms with van der Waals surface area (Å²) in [5.74, 6) is -0.0681. The number of hydrogen-bond donors (Lipinski definition) is 1. The molecular formula is C11H16ClNO2S. The van der Waals surface area contributed by atoms with Crippen molar-refractivity contribution in [2.75, 3.05) is 13.2 Å². The smallest absolute Gasteiger partial charge is 0.261 e. The SMILES string of the molecule is CC(C)OCCCNC(=O)c1ccc(Cl)s1. The number of hydrogen-bond acceptors (Lipinski definition) is 3. The Morgan fingerprint density at radius 3 is 2.88 bits per heavy atom. The van der Waals surface area contributed by atoms with Crippen molar-refractivity contribution in [3.63, 3.8) is 0 Å². The Balaban J connectivity index is 2.16. The minimum Gasteiger partial charge on any atom is -0.379 e. The fourth-order valence-electron chi connectivity index (χ4n) is 1.12. The molecule has 0 aliphatic heterocycles. The summed E-state index contributed by atoms with van der Waals surface area (Å²) in [4.78, 5) is 12.2. The van der Waals surface area contributed by atoms with Crippen LogP contribution in [0, 0.1) is 0 Å². The monoisotopic (exact) mass is 261 g/mol. The summed E-state index contributed by atoms with van der Waals surface area (Å²) < 4.78 is 6.00. The predicted molar refractivity (Wildman–Crippen MR) is 67.4 cm³/mol. The second-order valence-electron chi connectivity index (χ2n) is 3.63. The van der Waals surface area contributed by atoms with Gasteiger partial charge in [-0.3, -0.25) is 4.79 Å². The zero-order chi connectivity index (χ0) is 12.0. The minimum absolute atomic E-state index is 0.0681. The lowest BCUT2D eigenvalue weighted by Gasteiger charge is -2.07. The van der Waals surface area contributed by atoms with Crippen molar-refractivity contribution in [2.45, 2.75) is 26.4 Å². The standard InChI is InChI=1S/C11H16ClNO2S/c1-8(2)15-7-3-6-13-11(14)9-4-5-10(12)16-9/h4-5,8H,3,6-7H2,1-2H3,(H,13,14). The summed E-state index contributed by atoms with van der Waals surface area (Å²) in [6.07, 6.45) is 1.06. The highest BCUT2D eigenvalue weighted by Crippen LogP contribution is 2.20. The molecule has 16 heavy (non-hydrogen) atoms. The third kappa shape index (κ3) is 4.96. The molecule has 0 aromatic carbocycles. The summed E-state index contributed by atoms with van der Waals surface area (Å²) >= 11 is 7.03. The van der Waals surface area contributed by atoms with Gasteiger partial charge in [-0.05, 0) is 32.4 Å². The molecule has 0 fully saturated rings. The molecule has 0 atom stereocenters. The van der Waals surface area contributed by atoms with Gasteiger partial charge in [0, 0.05) is 13.2 Å². The van der Waals surface area contributed by atoms with Gasteiger partial charge in [0.25, 0.3) is 5.91 Å². The molecule has 0 bridgehead atoms. The largest absolute Gasteiger partial charge is 0.379 e. The molecule has 90 valence electrons. The fourth-order valence-corrected chi connectivity index (χ4v) is 2.08. The van der Waals surface area contributed by atoms with Crippen LogP contribution in [0.15, 0.2) is 12.1 Å². The number of rotatable bonds is 6. The Kier molecular flexibility index (Phi) is 5.80. The van der Waals surface area contributed by atoms with E-state index in [-0.39, 0.29) is 12.0 Å². The van der Waals surface area contributed by atoms with E-state index in [2.05, 4.69) is 5.32 Å². The molecule has 0 saturated carbocycles. The van der Waals surface area contributed by atoms with Gasteiger partial charge >= 0.3 is 0 Å². The van der Waals surface area contributed by atoms with Crippen LogP contribution in [0.3, 0.4) is 0 Å². The van der Waals surface area contributed by atoms with E-state index in [4.69, 9.17) is 16.3 Å². The number of thiophene rings is 1. The van der Waals surface area contributed by atoms with Gasteiger partial charge in [-0.15, -0.1) is 11.3 Å². The summed E-state index contributed by atoms with van der Waals surface area (Å²) in [7, 11) is 0. The average Bonchev–Trinajstić information content (AvgIpc) is 2.63. The number of carbonyl (C=O) groups is 1. The highest BCUT2D eigenvalue weighted by Gasteiger charge is 2.07. The van der Waals surface area contributed by atoms with Crippen molar-refractivity contribution in [2.24, 2.45) is 0 Å². The molecular weight excluding hydrogens is 246 g/mol. The topological polar surface area (TPSA) is 38.3 Å². The number of amides is 1. The molecule has 1 amide bonds. The molecule has 1 N–H and O–H groups in total. The number of halogens is 1. The van der Waals surface area contributed by atoms with Crippen LogP contribution in [0.25, 0.3) is 0 Å². The Morgan fingerprint density at radius 1 is 1.56 bits per heavy atom. The molecule has 0 unspecified atom stereocenters. The number of ether oxygens (including phenoxy) is 1. The second kappa shape index (κ2) is 6.89. The Hall–Kier alpha value is -0.580. The van der Waals surface area contributed by atoms with Crippen LogP contribution in [0.2, 0.25) is 4.34 Å². The lowest BCUT2D eigenvalue weighted by Crippen LogP contribution is -2.24. The first-order valence-corrected chi connectivity index (χ1v) is 6.44. The van der Waals surface area contributed by atoms with Crippen molar-refractivity contribution in [3.05, 3.63) is 21.3 Å². The Morgan fingerprint density at radius 2 is 2.31 bits per heavy atom. The van der Waals surface area contributed by atoms with E-state index >= 15 is 0 Å². The number of nitrogens with one attached hydrogen (secondary N) is 1. The van der Waals surface area contributed by atoms with Crippen LogP contribution < -0.4 is 5.32 Å². The van der Waals surface area contributed by atoms with Gasteiger partial charge in [0.05, 0.1) is 15.3 Å². The third-order valence-electron chi connectivity index (χ3n) is 1.85. The molecule has 1 aromatic rings. The quantitative estimate of drug-likeness (QED) is 0.800. The van der Waals surface area contributed by atoms with Crippen LogP contribution in [0.1, 0.15) is 29.9 Å². The van der Waals surface area contributed by atoms with Gasteiger partial charge in [0.1, 0.15) is 0 Å². The van der Waals surface area contributed by atoms with Crippen molar-refractivity contribution < 1.29 is 9.53 Å². The van der Waals surface area contributed by atoms with E-state index in [1.54, 1.807) is 12.1 Å². The van der Waals surface area contributed by atoms with E-state index in [0.717, 1.165) is 6.42 Å². The van der Waals surface area contributed by atoms with Crippen LogP contribution in [-0.2, 0) is 4.74 Å². The van der Waals surface area contributed by atoms with E-state index in [1.165, 1.54) is 11.3 Å².